The molecule has 6 N–H and O–H groups in total. The van der Waals surface area contributed by atoms with Crippen LogP contribution in [-0.4, -0.2) is 78.2 Å². The van der Waals surface area contributed by atoms with Crippen molar-refractivity contribution < 1.29 is 28.3 Å². The van der Waals surface area contributed by atoms with E-state index in [1.165, 1.54) is 24.3 Å². The Hall–Kier alpha value is -2.96. The summed E-state index contributed by atoms with van der Waals surface area (Å²) in [6, 6.07) is 9.81. The van der Waals surface area contributed by atoms with Crippen molar-refractivity contribution in [3.8, 4) is 0 Å². The van der Waals surface area contributed by atoms with E-state index in [0.717, 1.165) is 0 Å². The van der Waals surface area contributed by atoms with Crippen LogP contribution in [0.15, 0.2) is 54.6 Å². The molecule has 0 aliphatic carbocycles. The van der Waals surface area contributed by atoms with Gasteiger partial charge < -0.3 is 26.8 Å². The van der Waals surface area contributed by atoms with E-state index in [2.05, 4.69) is 10.6 Å². The molecule has 4 atom stereocenters. The summed E-state index contributed by atoms with van der Waals surface area (Å²) in [5, 5.41) is 5.25. The van der Waals surface area contributed by atoms with E-state index >= 15 is 0 Å². The number of benzene rings is 2. The summed E-state index contributed by atoms with van der Waals surface area (Å²) < 4.78 is 18.4. The van der Waals surface area contributed by atoms with Crippen molar-refractivity contribution in [2.24, 2.45) is 11.5 Å². The Morgan fingerprint density at radius 2 is 1.55 bits per heavy atom. The summed E-state index contributed by atoms with van der Waals surface area (Å²) in [6.07, 6.45) is -0.449. The van der Waals surface area contributed by atoms with E-state index < -0.39 is 60.1 Å². The fraction of sp³-hybridized carbons (Fsp3) is 0.429. The smallest absolute Gasteiger partial charge is 0.329 e. The third kappa shape index (κ3) is 11.7. The second-order valence-corrected chi connectivity index (χ2v) is 9.93. The first-order valence-electron chi connectivity index (χ1n) is 13.1. The second-order valence-electron chi connectivity index (χ2n) is 9.18. The highest BCUT2D eigenvalue weighted by Crippen LogP contribution is 2.26. The van der Waals surface area contributed by atoms with Gasteiger partial charge in [-0.05, 0) is 36.6 Å². The molecule has 42 heavy (non-hydrogen) atoms. The Morgan fingerprint density at radius 3 is 2.07 bits per heavy atom. The number of nitrogens with one attached hydrogen (secondary N) is 2. The van der Waals surface area contributed by atoms with Crippen LogP contribution in [0.25, 0.3) is 0 Å². The third-order valence-corrected chi connectivity index (χ3v) is 6.51. The summed E-state index contributed by atoms with van der Waals surface area (Å²) in [7, 11) is 0. The molecule has 0 aromatic heterocycles. The number of ether oxygens (including phenoxy) is 1. The molecule has 10 nitrogen and oxygen atoms in total. The number of carbonyl (C=O) groups is 4. The largest absolute Gasteiger partial charge is 0.464 e. The van der Waals surface area contributed by atoms with Gasteiger partial charge in [-0.25, -0.2) is 9.18 Å². The molecule has 0 saturated heterocycles. The zero-order chi connectivity index (χ0) is 30.4. The fourth-order valence-electron chi connectivity index (χ4n) is 4.29. The van der Waals surface area contributed by atoms with Gasteiger partial charge in [0.1, 0.15) is 17.9 Å². The number of halogens is 4. The molecular formula is C28H37Cl3FN5O5. The zero-order valence-electron chi connectivity index (χ0n) is 23.1. The minimum Gasteiger partial charge on any atom is -0.464 e. The predicted octanol–water partition coefficient (Wildman–Crippen LogP) is 2.05. The van der Waals surface area contributed by atoms with Gasteiger partial charge >= 0.3 is 5.97 Å². The Morgan fingerprint density at radius 1 is 0.952 bits per heavy atom. The lowest BCUT2D eigenvalue weighted by Crippen LogP contribution is -2.60. The Kier molecular flexibility index (Phi) is 17.0. The lowest BCUT2D eigenvalue weighted by atomic mass is 9.95. The second kappa shape index (κ2) is 19.3. The van der Waals surface area contributed by atoms with Gasteiger partial charge in [-0.3, -0.25) is 19.3 Å². The maximum absolute atomic E-state index is 13.9. The first-order chi connectivity index (χ1) is 19.6. The van der Waals surface area contributed by atoms with Crippen molar-refractivity contribution in [3.05, 3.63) is 71.5 Å². The van der Waals surface area contributed by atoms with Crippen LogP contribution in [0.2, 0.25) is 0 Å². The summed E-state index contributed by atoms with van der Waals surface area (Å²) in [4.78, 5) is 53.3. The molecular weight excluding hydrogens is 612 g/mol. The van der Waals surface area contributed by atoms with Gasteiger partial charge in [0.05, 0.1) is 25.1 Å². The lowest BCUT2D eigenvalue weighted by Gasteiger charge is -2.37. The topological polar surface area (TPSA) is 157 Å². The highest BCUT2D eigenvalue weighted by atomic mass is 35.5. The van der Waals surface area contributed by atoms with Crippen molar-refractivity contribution in [2.75, 3.05) is 31.5 Å². The van der Waals surface area contributed by atoms with E-state index in [-0.39, 0.29) is 37.2 Å². The van der Waals surface area contributed by atoms with Crippen molar-refractivity contribution in [2.45, 2.75) is 43.9 Å². The molecule has 0 heterocycles. The molecule has 2 rings (SSSR count). The molecule has 0 radical (unpaired) electrons. The van der Waals surface area contributed by atoms with Gasteiger partial charge in [0.2, 0.25) is 17.7 Å². The van der Waals surface area contributed by atoms with E-state index in [0.29, 0.717) is 24.2 Å². The number of alkyl halides is 2. The normalized spacial score (nSPS) is 13.7. The molecule has 0 saturated carbocycles. The predicted molar refractivity (Wildman–Crippen MR) is 162 cm³/mol. The lowest BCUT2D eigenvalue weighted by molar-refractivity contribution is -0.149. The fourth-order valence-corrected chi connectivity index (χ4v) is 4.72. The van der Waals surface area contributed by atoms with Crippen molar-refractivity contribution in [3.63, 3.8) is 0 Å². The Labute approximate surface area is 261 Å². The van der Waals surface area contributed by atoms with E-state index in [1.807, 2.05) is 4.90 Å². The molecule has 0 aliphatic heterocycles. The number of rotatable bonds is 17. The van der Waals surface area contributed by atoms with Gasteiger partial charge in [0, 0.05) is 24.8 Å². The zero-order valence-corrected chi connectivity index (χ0v) is 25.5. The van der Waals surface area contributed by atoms with Gasteiger partial charge in [0.15, 0.2) is 0 Å². The average molecular weight is 649 g/mol. The van der Waals surface area contributed by atoms with Crippen LogP contribution in [-0.2, 0) is 30.3 Å². The molecule has 2 aromatic carbocycles. The Bertz CT molecular complexity index is 1140. The molecule has 14 heteroatoms. The van der Waals surface area contributed by atoms with E-state index in [9.17, 15) is 23.6 Å². The maximum Gasteiger partial charge on any atom is 0.329 e. The van der Waals surface area contributed by atoms with Crippen LogP contribution < -0.4 is 22.1 Å². The molecule has 3 amide bonds. The number of hydrogen-bond donors (Lipinski definition) is 4. The average Bonchev–Trinajstić information content (AvgIpc) is 2.94. The molecule has 1 unspecified atom stereocenters. The number of nitrogens with zero attached hydrogens (tertiary/aromatic N) is 1. The first-order valence-corrected chi connectivity index (χ1v) is 14.1. The summed E-state index contributed by atoms with van der Waals surface area (Å²) in [5.74, 6) is -3.19. The summed E-state index contributed by atoms with van der Waals surface area (Å²) in [6.45, 7) is 2.19. The van der Waals surface area contributed by atoms with Crippen LogP contribution in [0.5, 0.6) is 0 Å². The van der Waals surface area contributed by atoms with Crippen LogP contribution in [0.4, 0.5) is 4.39 Å². The minimum atomic E-state index is -1.39. The van der Waals surface area contributed by atoms with Gasteiger partial charge in [-0.15, -0.1) is 35.6 Å². The minimum absolute atomic E-state index is 0. The monoisotopic (exact) mass is 647 g/mol. The standard InChI is InChI=1S/C28H36Cl2FN5O5.ClH/c1-2-41-28(40)22(17-23(33)37)34-27(39)24(35-26(38)21(32)16-18-8-10-20(31)11-9-18)25(19-6-4-3-5-7-19)36(14-12-29)15-13-30;/h3-11,21-22,24-25H,2,12-17,32H2,1H3,(H2,33,37)(H,34,39)(H,35,38);1H/t21-,22-,24-,25?;/m0./s1. The highest BCUT2D eigenvalue weighted by molar-refractivity contribution is 6.18. The van der Waals surface area contributed by atoms with Crippen LogP contribution in [0.3, 0.4) is 0 Å². The number of hydrogen-bond acceptors (Lipinski definition) is 7. The van der Waals surface area contributed by atoms with Gasteiger partial charge in [0.25, 0.3) is 0 Å². The number of amides is 3. The van der Waals surface area contributed by atoms with Crippen LogP contribution in [0, 0.1) is 5.82 Å². The maximum atomic E-state index is 13.9. The van der Waals surface area contributed by atoms with E-state index in [4.69, 9.17) is 39.4 Å². The molecule has 0 aliphatic rings. The quantitative estimate of drug-likeness (QED) is 0.151. The molecule has 0 bridgehead atoms. The highest BCUT2D eigenvalue weighted by Gasteiger charge is 2.38. The Balaban J connectivity index is 0.00000882. The van der Waals surface area contributed by atoms with E-state index in [1.54, 1.807) is 37.3 Å². The number of esters is 1. The SMILES string of the molecule is CCOC(=O)[C@H](CC(N)=O)NC(=O)[C@@H](NC(=O)[C@@H](N)Cc1ccc(F)cc1)C(c1ccccc1)N(CCCl)CCCl.Cl. The first kappa shape index (κ1) is 37.1. The van der Waals surface area contributed by atoms with Gasteiger partial charge in [-0.2, -0.15) is 0 Å². The van der Waals surface area contributed by atoms with Crippen LogP contribution in [0.1, 0.15) is 30.5 Å². The third-order valence-electron chi connectivity index (χ3n) is 6.17. The number of carbonyl (C=O) groups excluding carboxylic acids is 4. The van der Waals surface area contributed by atoms with Crippen LogP contribution >= 0.6 is 35.6 Å². The summed E-state index contributed by atoms with van der Waals surface area (Å²) in [5.41, 5.74) is 12.8. The van der Waals surface area contributed by atoms with Crippen molar-refractivity contribution >= 4 is 59.3 Å². The summed E-state index contributed by atoms with van der Waals surface area (Å²) >= 11 is 12.2. The number of primary amides is 1. The van der Waals surface area contributed by atoms with Gasteiger partial charge in [-0.1, -0.05) is 42.5 Å². The molecule has 0 spiro atoms. The molecule has 232 valence electrons. The molecule has 2 aromatic rings. The van der Waals surface area contributed by atoms with Crippen molar-refractivity contribution in [1.29, 1.82) is 0 Å². The number of nitrogens with two attached hydrogens (primary N) is 2. The molecule has 0 fully saturated rings. The van der Waals surface area contributed by atoms with Crippen molar-refractivity contribution in [1.82, 2.24) is 15.5 Å².